The Bertz CT molecular complexity index is 1180. The number of hydrogen-bond acceptors (Lipinski definition) is 6. The first kappa shape index (κ1) is 26.0. The van der Waals surface area contributed by atoms with E-state index in [0.29, 0.717) is 13.0 Å². The Labute approximate surface area is 222 Å². The lowest BCUT2D eigenvalue weighted by molar-refractivity contribution is -0.158. The molecular formula is C29H34N2O7. The number of rotatable bonds is 4. The third-order valence-electron chi connectivity index (χ3n) is 7.57. The van der Waals surface area contributed by atoms with Crippen molar-refractivity contribution in [2.75, 3.05) is 26.3 Å². The molecule has 2 heterocycles. The predicted molar refractivity (Wildman–Crippen MR) is 139 cm³/mol. The summed E-state index contributed by atoms with van der Waals surface area (Å²) < 4.78 is 17.1. The maximum Gasteiger partial charge on any atom is 0.409 e. The second kappa shape index (κ2) is 10.3. The average Bonchev–Trinajstić information content (AvgIpc) is 3.19. The van der Waals surface area contributed by atoms with Gasteiger partial charge in [0.15, 0.2) is 0 Å². The van der Waals surface area contributed by atoms with E-state index in [1.165, 1.54) is 0 Å². The lowest BCUT2D eigenvalue weighted by atomic mass is 9.79. The number of carboxylic acid groups (broad SMARTS) is 1. The molecule has 2 aromatic rings. The van der Waals surface area contributed by atoms with Crippen LogP contribution in [0.2, 0.25) is 0 Å². The van der Waals surface area contributed by atoms with Gasteiger partial charge in [-0.3, -0.25) is 4.79 Å². The fourth-order valence-electron chi connectivity index (χ4n) is 5.87. The number of alkyl carbamates (subject to hydrolysis) is 1. The Hall–Kier alpha value is -3.59. The maximum absolute atomic E-state index is 13.2. The van der Waals surface area contributed by atoms with Gasteiger partial charge in [-0.05, 0) is 49.4 Å². The molecular weight excluding hydrogens is 488 g/mol. The molecule has 2 amide bonds. The Kier molecular flexibility index (Phi) is 7.05. The molecule has 2 N–H and O–H groups in total. The van der Waals surface area contributed by atoms with Gasteiger partial charge in [-0.1, -0.05) is 48.5 Å². The first-order valence-corrected chi connectivity index (χ1v) is 13.1. The summed E-state index contributed by atoms with van der Waals surface area (Å²) in [6, 6.07) is 15.6. The highest BCUT2D eigenvalue weighted by Gasteiger charge is 2.48. The summed E-state index contributed by atoms with van der Waals surface area (Å²) in [6.45, 7) is 6.06. The highest BCUT2D eigenvalue weighted by atomic mass is 16.6. The SMILES string of the molecule is CC(C)(C)OC(=O)N[C@@H]1C2CN(C(=O)OCC3c4ccccc4-c4ccccc43)CCC2OC[C@H]1C(=O)O. The van der Waals surface area contributed by atoms with E-state index in [2.05, 4.69) is 29.6 Å². The second-order valence-electron chi connectivity index (χ2n) is 11.2. The van der Waals surface area contributed by atoms with Crippen LogP contribution in [0.4, 0.5) is 9.59 Å². The number of hydrogen-bond donors (Lipinski definition) is 2. The number of piperidine rings is 1. The monoisotopic (exact) mass is 522 g/mol. The highest BCUT2D eigenvalue weighted by Crippen LogP contribution is 2.44. The van der Waals surface area contributed by atoms with E-state index in [1.807, 2.05) is 24.3 Å². The van der Waals surface area contributed by atoms with Crippen molar-refractivity contribution in [3.05, 3.63) is 59.7 Å². The number of amides is 2. The third kappa shape index (κ3) is 5.20. The van der Waals surface area contributed by atoms with Crippen LogP contribution in [0.1, 0.15) is 44.2 Å². The average molecular weight is 523 g/mol. The number of carbonyl (C=O) groups is 3. The molecule has 0 spiro atoms. The summed E-state index contributed by atoms with van der Waals surface area (Å²) in [7, 11) is 0. The van der Waals surface area contributed by atoms with Gasteiger partial charge in [-0.25, -0.2) is 9.59 Å². The van der Waals surface area contributed by atoms with Gasteiger partial charge in [0, 0.05) is 24.9 Å². The Balaban J connectivity index is 1.28. The van der Waals surface area contributed by atoms with Crippen LogP contribution in [0, 0.1) is 11.8 Å². The Morgan fingerprint density at radius 1 is 1.05 bits per heavy atom. The molecule has 2 unspecified atom stereocenters. The van der Waals surface area contributed by atoms with E-state index in [1.54, 1.807) is 25.7 Å². The lowest BCUT2D eigenvalue weighted by Crippen LogP contribution is -2.62. The van der Waals surface area contributed by atoms with Crippen LogP contribution in [-0.4, -0.2) is 72.2 Å². The van der Waals surface area contributed by atoms with Crippen molar-refractivity contribution in [3.63, 3.8) is 0 Å². The molecule has 5 rings (SSSR count). The molecule has 2 aromatic carbocycles. The summed E-state index contributed by atoms with van der Waals surface area (Å²) in [5.41, 5.74) is 3.84. The number of fused-ring (bicyclic) bond motifs is 4. The fourth-order valence-corrected chi connectivity index (χ4v) is 5.87. The zero-order valence-electron chi connectivity index (χ0n) is 21.9. The van der Waals surface area contributed by atoms with Gasteiger partial charge in [0.25, 0.3) is 0 Å². The molecule has 9 nitrogen and oxygen atoms in total. The van der Waals surface area contributed by atoms with Crippen LogP contribution in [0.5, 0.6) is 0 Å². The number of ether oxygens (including phenoxy) is 3. The van der Waals surface area contributed by atoms with E-state index < -0.39 is 41.6 Å². The number of aliphatic carboxylic acids is 1. The van der Waals surface area contributed by atoms with E-state index in [0.717, 1.165) is 22.3 Å². The van der Waals surface area contributed by atoms with Crippen molar-refractivity contribution in [1.29, 1.82) is 0 Å². The molecule has 1 aliphatic carbocycles. The topological polar surface area (TPSA) is 114 Å². The van der Waals surface area contributed by atoms with Crippen molar-refractivity contribution in [2.45, 2.75) is 50.9 Å². The molecule has 0 radical (unpaired) electrons. The van der Waals surface area contributed by atoms with Gasteiger partial charge in [-0.15, -0.1) is 0 Å². The molecule has 2 aliphatic heterocycles. The molecule has 9 heteroatoms. The lowest BCUT2D eigenvalue weighted by Gasteiger charge is -2.46. The summed E-state index contributed by atoms with van der Waals surface area (Å²) in [5.74, 6) is -2.49. The minimum absolute atomic E-state index is 0.0120. The van der Waals surface area contributed by atoms with E-state index in [9.17, 15) is 19.5 Å². The van der Waals surface area contributed by atoms with Gasteiger partial charge in [0.1, 0.15) is 18.1 Å². The smallest absolute Gasteiger partial charge is 0.409 e. The maximum atomic E-state index is 13.2. The van der Waals surface area contributed by atoms with E-state index in [-0.39, 0.29) is 31.8 Å². The zero-order chi connectivity index (χ0) is 27.0. The first-order chi connectivity index (χ1) is 18.1. The van der Waals surface area contributed by atoms with Crippen LogP contribution in [-0.2, 0) is 19.0 Å². The van der Waals surface area contributed by atoms with Gasteiger partial charge in [-0.2, -0.15) is 0 Å². The Morgan fingerprint density at radius 3 is 2.29 bits per heavy atom. The van der Waals surface area contributed by atoms with Crippen LogP contribution < -0.4 is 5.32 Å². The highest BCUT2D eigenvalue weighted by molar-refractivity contribution is 5.79. The molecule has 2 saturated heterocycles. The third-order valence-corrected chi connectivity index (χ3v) is 7.57. The van der Waals surface area contributed by atoms with E-state index >= 15 is 0 Å². The molecule has 202 valence electrons. The second-order valence-corrected chi connectivity index (χ2v) is 11.2. The summed E-state index contributed by atoms with van der Waals surface area (Å²) in [4.78, 5) is 39.4. The summed E-state index contributed by atoms with van der Waals surface area (Å²) in [5, 5.41) is 12.6. The number of carboxylic acids is 1. The van der Waals surface area contributed by atoms with Crippen molar-refractivity contribution >= 4 is 18.2 Å². The molecule has 0 bridgehead atoms. The molecule has 38 heavy (non-hydrogen) atoms. The van der Waals surface area contributed by atoms with Crippen LogP contribution in [0.3, 0.4) is 0 Å². The van der Waals surface area contributed by atoms with Gasteiger partial charge in [0.05, 0.1) is 18.8 Å². The van der Waals surface area contributed by atoms with Gasteiger partial charge < -0.3 is 29.5 Å². The first-order valence-electron chi connectivity index (χ1n) is 13.1. The minimum Gasteiger partial charge on any atom is -0.481 e. The molecule has 4 atom stereocenters. The number of likely N-dealkylation sites (tertiary alicyclic amines) is 1. The molecule has 2 fully saturated rings. The van der Waals surface area contributed by atoms with Gasteiger partial charge >= 0.3 is 18.2 Å². The van der Waals surface area contributed by atoms with Crippen LogP contribution in [0.25, 0.3) is 11.1 Å². The standard InChI is InChI=1S/C29H34N2O7/c1-29(2,3)38-27(34)30-25-21-14-31(13-12-24(21)36-16-23(25)26(32)33)28(35)37-15-22-19-10-6-4-8-17(19)18-9-5-7-11-20(18)22/h4-11,21-25H,12-16H2,1-3H3,(H,30,34)(H,32,33)/t21?,23-,24?,25-/m1/s1. The molecule has 3 aliphatic rings. The number of benzene rings is 2. The quantitative estimate of drug-likeness (QED) is 0.617. The van der Waals surface area contributed by atoms with Crippen molar-refractivity contribution in [1.82, 2.24) is 10.2 Å². The fraction of sp³-hybridized carbons (Fsp3) is 0.483. The van der Waals surface area contributed by atoms with Crippen LogP contribution in [0.15, 0.2) is 48.5 Å². The number of nitrogens with zero attached hydrogens (tertiary/aromatic N) is 1. The zero-order valence-corrected chi connectivity index (χ0v) is 21.9. The van der Waals surface area contributed by atoms with Crippen molar-refractivity contribution in [3.8, 4) is 11.1 Å². The molecule has 0 saturated carbocycles. The number of nitrogens with one attached hydrogen (secondary N) is 1. The van der Waals surface area contributed by atoms with Gasteiger partial charge in [0.2, 0.25) is 0 Å². The predicted octanol–water partition coefficient (Wildman–Crippen LogP) is 4.25. The summed E-state index contributed by atoms with van der Waals surface area (Å²) in [6.07, 6.45) is -0.900. The van der Waals surface area contributed by atoms with Crippen molar-refractivity contribution in [2.24, 2.45) is 11.8 Å². The Morgan fingerprint density at radius 2 is 1.68 bits per heavy atom. The number of carbonyl (C=O) groups excluding carboxylic acids is 2. The molecule has 0 aromatic heterocycles. The largest absolute Gasteiger partial charge is 0.481 e. The minimum atomic E-state index is -1.07. The normalized spacial score (nSPS) is 24.6. The van der Waals surface area contributed by atoms with E-state index in [4.69, 9.17) is 14.2 Å². The summed E-state index contributed by atoms with van der Waals surface area (Å²) >= 11 is 0. The van der Waals surface area contributed by atoms with Crippen LogP contribution >= 0.6 is 0 Å². The van der Waals surface area contributed by atoms with Crippen molar-refractivity contribution < 1.29 is 33.7 Å².